The second kappa shape index (κ2) is 9.22. The maximum Gasteiger partial charge on any atom is 0.273 e. The Morgan fingerprint density at radius 2 is 1.69 bits per heavy atom. The van der Waals surface area contributed by atoms with E-state index < -0.39 is 17.9 Å². The lowest BCUT2D eigenvalue weighted by atomic mass is 9.88. The molecule has 2 rings (SSSR count). The zero-order chi connectivity index (χ0) is 19.1. The minimum Gasteiger partial charge on any atom is -0.507 e. The van der Waals surface area contributed by atoms with Crippen molar-refractivity contribution in [1.82, 2.24) is 16.2 Å². The van der Waals surface area contributed by atoms with Crippen LogP contribution in [0.5, 0.6) is 5.75 Å². The molecule has 0 aliphatic heterocycles. The lowest BCUT2D eigenvalue weighted by Crippen LogP contribution is -2.55. The topological polar surface area (TPSA) is 108 Å². The van der Waals surface area contributed by atoms with Crippen molar-refractivity contribution in [2.45, 2.75) is 52.0 Å². The summed E-state index contributed by atoms with van der Waals surface area (Å²) in [6.07, 6.45) is 4.92. The molecule has 1 aliphatic carbocycles. The van der Waals surface area contributed by atoms with E-state index in [0.29, 0.717) is 0 Å². The summed E-state index contributed by atoms with van der Waals surface area (Å²) in [5, 5.41) is 12.5. The van der Waals surface area contributed by atoms with Gasteiger partial charge in [-0.05, 0) is 30.9 Å². The molecule has 0 radical (unpaired) electrons. The van der Waals surface area contributed by atoms with Crippen LogP contribution >= 0.6 is 0 Å². The van der Waals surface area contributed by atoms with Gasteiger partial charge >= 0.3 is 0 Å². The number of hydrogen-bond donors (Lipinski definition) is 4. The normalized spacial score (nSPS) is 16.0. The maximum absolute atomic E-state index is 12.4. The lowest BCUT2D eigenvalue weighted by Gasteiger charge is -2.26. The highest BCUT2D eigenvalue weighted by molar-refractivity contribution is 5.98. The van der Waals surface area contributed by atoms with E-state index in [4.69, 9.17) is 0 Å². The molecule has 142 valence electrons. The van der Waals surface area contributed by atoms with Gasteiger partial charge in [-0.3, -0.25) is 25.2 Å². The van der Waals surface area contributed by atoms with Crippen molar-refractivity contribution in [3.8, 4) is 5.75 Å². The minimum atomic E-state index is -0.742. The van der Waals surface area contributed by atoms with Gasteiger partial charge in [0.1, 0.15) is 11.8 Å². The SMILES string of the molecule is CC(C)C(NC(=O)C1CCCCC1)C(=O)NNC(=O)c1ccccc1O. The third-order valence-corrected chi connectivity index (χ3v) is 4.67. The number of hydrazine groups is 1. The number of phenolic OH excluding ortho intramolecular Hbond substituents is 1. The molecule has 1 atom stereocenters. The zero-order valence-electron chi connectivity index (χ0n) is 15.2. The van der Waals surface area contributed by atoms with E-state index in [1.165, 1.54) is 12.1 Å². The van der Waals surface area contributed by atoms with Gasteiger partial charge in [-0.25, -0.2) is 0 Å². The number of nitrogens with one attached hydrogen (secondary N) is 3. The summed E-state index contributed by atoms with van der Waals surface area (Å²) in [5.74, 6) is -1.58. The highest BCUT2D eigenvalue weighted by Crippen LogP contribution is 2.24. The molecule has 1 saturated carbocycles. The first-order chi connectivity index (χ1) is 12.4. The van der Waals surface area contributed by atoms with Crippen LogP contribution in [0.1, 0.15) is 56.3 Å². The second-order valence-corrected chi connectivity index (χ2v) is 7.03. The molecule has 0 aromatic heterocycles. The summed E-state index contributed by atoms with van der Waals surface area (Å²) in [7, 11) is 0. The first kappa shape index (κ1) is 19.8. The molecule has 1 aromatic carbocycles. The summed E-state index contributed by atoms with van der Waals surface area (Å²) >= 11 is 0. The fourth-order valence-electron chi connectivity index (χ4n) is 3.10. The maximum atomic E-state index is 12.4. The van der Waals surface area contributed by atoms with Crippen LogP contribution in [0.2, 0.25) is 0 Å². The van der Waals surface area contributed by atoms with Crippen LogP contribution in [0.3, 0.4) is 0 Å². The van der Waals surface area contributed by atoms with Gasteiger partial charge in [0, 0.05) is 5.92 Å². The summed E-state index contributed by atoms with van der Waals surface area (Å²) in [6.45, 7) is 3.66. The smallest absolute Gasteiger partial charge is 0.273 e. The number of para-hydroxylation sites is 1. The third-order valence-electron chi connectivity index (χ3n) is 4.67. The zero-order valence-corrected chi connectivity index (χ0v) is 15.2. The predicted octanol–water partition coefficient (Wildman–Crippen LogP) is 1.87. The molecule has 7 heteroatoms. The summed E-state index contributed by atoms with van der Waals surface area (Å²) in [6, 6.07) is 5.30. The molecule has 0 saturated heterocycles. The Morgan fingerprint density at radius 1 is 1.04 bits per heavy atom. The van der Waals surface area contributed by atoms with Crippen LogP contribution in [0.4, 0.5) is 0 Å². The number of carbonyl (C=O) groups excluding carboxylic acids is 3. The summed E-state index contributed by atoms with van der Waals surface area (Å²) in [5.41, 5.74) is 4.67. The van der Waals surface area contributed by atoms with E-state index in [2.05, 4.69) is 16.2 Å². The highest BCUT2D eigenvalue weighted by Gasteiger charge is 2.29. The Bertz CT molecular complexity index is 654. The second-order valence-electron chi connectivity index (χ2n) is 7.03. The van der Waals surface area contributed by atoms with Crippen molar-refractivity contribution in [1.29, 1.82) is 0 Å². The summed E-state index contributed by atoms with van der Waals surface area (Å²) in [4.78, 5) is 36.9. The third kappa shape index (κ3) is 5.21. The van der Waals surface area contributed by atoms with Gasteiger partial charge in [0.2, 0.25) is 5.91 Å². The Hall–Kier alpha value is -2.57. The number of hydrogen-bond acceptors (Lipinski definition) is 4. The van der Waals surface area contributed by atoms with Crippen molar-refractivity contribution in [3.63, 3.8) is 0 Å². The van der Waals surface area contributed by atoms with Gasteiger partial charge in [0.15, 0.2) is 0 Å². The van der Waals surface area contributed by atoms with Gasteiger partial charge < -0.3 is 10.4 Å². The van der Waals surface area contributed by atoms with E-state index in [1.807, 2.05) is 13.8 Å². The Balaban J connectivity index is 1.92. The largest absolute Gasteiger partial charge is 0.507 e. The quantitative estimate of drug-likeness (QED) is 0.601. The fraction of sp³-hybridized carbons (Fsp3) is 0.526. The number of carbonyl (C=O) groups is 3. The molecule has 3 amide bonds. The van der Waals surface area contributed by atoms with E-state index in [-0.39, 0.29) is 29.1 Å². The van der Waals surface area contributed by atoms with Crippen molar-refractivity contribution in [3.05, 3.63) is 29.8 Å². The van der Waals surface area contributed by atoms with Crippen LogP contribution < -0.4 is 16.2 Å². The standard InChI is InChI=1S/C19H27N3O4/c1-12(2)16(20-17(24)13-8-4-3-5-9-13)19(26)22-21-18(25)14-10-6-7-11-15(14)23/h6-7,10-13,16,23H,3-5,8-9H2,1-2H3,(H,20,24)(H,21,25)(H,22,26). The molecule has 1 unspecified atom stereocenters. The van der Waals surface area contributed by atoms with Gasteiger partial charge in [0.05, 0.1) is 5.56 Å². The highest BCUT2D eigenvalue weighted by atomic mass is 16.3. The van der Waals surface area contributed by atoms with Crippen molar-refractivity contribution in [2.24, 2.45) is 11.8 Å². The van der Waals surface area contributed by atoms with Gasteiger partial charge in [0.25, 0.3) is 11.8 Å². The van der Waals surface area contributed by atoms with E-state index in [9.17, 15) is 19.5 Å². The minimum absolute atomic E-state index is 0.0475. The molecule has 0 heterocycles. The molecular formula is C19H27N3O4. The number of benzene rings is 1. The molecule has 7 nitrogen and oxygen atoms in total. The van der Waals surface area contributed by atoms with Crippen molar-refractivity contribution in [2.75, 3.05) is 0 Å². The molecule has 26 heavy (non-hydrogen) atoms. The van der Waals surface area contributed by atoms with Gasteiger partial charge in [-0.2, -0.15) is 0 Å². The average molecular weight is 361 g/mol. The number of amides is 3. The lowest BCUT2D eigenvalue weighted by molar-refractivity contribution is -0.133. The van der Waals surface area contributed by atoms with Crippen molar-refractivity contribution < 1.29 is 19.5 Å². The molecule has 1 aliphatic rings. The van der Waals surface area contributed by atoms with E-state index in [0.717, 1.165) is 32.1 Å². The molecule has 0 bridgehead atoms. The van der Waals surface area contributed by atoms with Gasteiger partial charge in [-0.15, -0.1) is 0 Å². The van der Waals surface area contributed by atoms with E-state index >= 15 is 0 Å². The molecule has 1 aromatic rings. The van der Waals surface area contributed by atoms with Crippen LogP contribution in [0.25, 0.3) is 0 Å². The Morgan fingerprint density at radius 3 is 2.31 bits per heavy atom. The molecule has 1 fully saturated rings. The van der Waals surface area contributed by atoms with Crippen molar-refractivity contribution >= 4 is 17.7 Å². The predicted molar refractivity (Wildman–Crippen MR) is 97.1 cm³/mol. The fourth-order valence-corrected chi connectivity index (χ4v) is 3.10. The molecular weight excluding hydrogens is 334 g/mol. The van der Waals surface area contributed by atoms with Crippen LogP contribution in [0.15, 0.2) is 24.3 Å². The van der Waals surface area contributed by atoms with Crippen LogP contribution in [-0.2, 0) is 9.59 Å². The number of phenols is 1. The molecule has 4 N–H and O–H groups in total. The van der Waals surface area contributed by atoms with Crippen LogP contribution in [-0.4, -0.2) is 28.9 Å². The molecule has 0 spiro atoms. The van der Waals surface area contributed by atoms with E-state index in [1.54, 1.807) is 12.1 Å². The van der Waals surface area contributed by atoms with Crippen LogP contribution in [0, 0.1) is 11.8 Å². The Labute approximate surface area is 153 Å². The number of aromatic hydroxyl groups is 1. The average Bonchev–Trinajstić information content (AvgIpc) is 2.64. The first-order valence-corrected chi connectivity index (χ1v) is 9.08. The monoisotopic (exact) mass is 361 g/mol. The van der Waals surface area contributed by atoms with Gasteiger partial charge in [-0.1, -0.05) is 45.2 Å². The Kier molecular flexibility index (Phi) is 7.00. The summed E-state index contributed by atoms with van der Waals surface area (Å²) < 4.78 is 0. The first-order valence-electron chi connectivity index (χ1n) is 9.08. The number of rotatable bonds is 5.